The zero-order chi connectivity index (χ0) is 18.8. The molecule has 0 saturated heterocycles. The number of nitrogens with one attached hydrogen (secondary N) is 1. The fourth-order valence-corrected chi connectivity index (χ4v) is 3.86. The van der Waals surface area contributed by atoms with Crippen molar-refractivity contribution in [3.63, 3.8) is 0 Å². The molecule has 1 aromatic heterocycles. The van der Waals surface area contributed by atoms with Crippen LogP contribution in [-0.2, 0) is 9.53 Å². The molecule has 0 aliphatic heterocycles. The molecule has 3 aromatic rings. The summed E-state index contributed by atoms with van der Waals surface area (Å²) >= 11 is 18.8. The van der Waals surface area contributed by atoms with E-state index in [-0.39, 0.29) is 14.9 Å². The molecule has 0 saturated carbocycles. The van der Waals surface area contributed by atoms with Crippen molar-refractivity contribution in [3.05, 3.63) is 62.2 Å². The standard InChI is InChI=1S/C17H9Cl3FNO3S/c18-11-4-2-9(6-12(11)19)22-14(23)7-25-17(24)16-15(20)10-3-1-8(21)5-13(10)26-16/h1-6H,7H2,(H,22,23). The maximum atomic E-state index is 13.3. The Kier molecular flexibility index (Phi) is 5.67. The van der Waals surface area contributed by atoms with E-state index in [4.69, 9.17) is 39.5 Å². The molecule has 0 aliphatic carbocycles. The van der Waals surface area contributed by atoms with Gasteiger partial charge in [0.15, 0.2) is 6.61 Å². The summed E-state index contributed by atoms with van der Waals surface area (Å²) < 4.78 is 18.8. The van der Waals surface area contributed by atoms with Gasteiger partial charge in [-0.25, -0.2) is 9.18 Å². The van der Waals surface area contributed by atoms with E-state index in [2.05, 4.69) is 5.32 Å². The van der Waals surface area contributed by atoms with Gasteiger partial charge < -0.3 is 10.1 Å². The molecule has 3 rings (SSSR count). The van der Waals surface area contributed by atoms with Crippen molar-refractivity contribution >= 4 is 73.8 Å². The number of anilines is 1. The number of esters is 1. The molecule has 4 nitrogen and oxygen atoms in total. The number of fused-ring (bicyclic) bond motifs is 1. The Labute approximate surface area is 166 Å². The van der Waals surface area contributed by atoms with E-state index >= 15 is 0 Å². The minimum Gasteiger partial charge on any atom is -0.451 e. The molecule has 26 heavy (non-hydrogen) atoms. The molecule has 0 atom stereocenters. The number of amides is 1. The summed E-state index contributed by atoms with van der Waals surface area (Å²) in [6.45, 7) is -0.516. The van der Waals surface area contributed by atoms with E-state index in [9.17, 15) is 14.0 Å². The second kappa shape index (κ2) is 7.80. The lowest BCUT2D eigenvalue weighted by atomic mass is 10.2. The third-order valence-electron chi connectivity index (χ3n) is 3.31. The van der Waals surface area contributed by atoms with Crippen molar-refractivity contribution in [3.8, 4) is 0 Å². The highest BCUT2D eigenvalue weighted by atomic mass is 35.5. The Morgan fingerprint density at radius 1 is 1.08 bits per heavy atom. The minimum atomic E-state index is -0.763. The lowest BCUT2D eigenvalue weighted by molar-refractivity contribution is -0.119. The average molecular weight is 433 g/mol. The van der Waals surface area contributed by atoms with E-state index in [0.717, 1.165) is 11.3 Å². The van der Waals surface area contributed by atoms with Crippen LogP contribution in [0.3, 0.4) is 0 Å². The summed E-state index contributed by atoms with van der Waals surface area (Å²) in [5, 5.41) is 3.88. The van der Waals surface area contributed by atoms with Crippen molar-refractivity contribution in [1.29, 1.82) is 0 Å². The number of hydrogen-bond acceptors (Lipinski definition) is 4. The molecule has 9 heteroatoms. The quantitative estimate of drug-likeness (QED) is 0.530. The Morgan fingerprint density at radius 2 is 1.85 bits per heavy atom. The van der Waals surface area contributed by atoms with Crippen molar-refractivity contribution in [2.75, 3.05) is 11.9 Å². The average Bonchev–Trinajstić information content (AvgIpc) is 2.92. The van der Waals surface area contributed by atoms with Gasteiger partial charge in [-0.05, 0) is 36.4 Å². The summed E-state index contributed by atoms with van der Waals surface area (Å²) in [5.74, 6) is -1.75. The van der Waals surface area contributed by atoms with Gasteiger partial charge in [0.25, 0.3) is 5.91 Å². The Morgan fingerprint density at radius 3 is 2.58 bits per heavy atom. The number of carbonyl (C=O) groups is 2. The number of halogens is 4. The Balaban J connectivity index is 1.65. The van der Waals surface area contributed by atoms with Gasteiger partial charge in [-0.2, -0.15) is 0 Å². The molecule has 0 bridgehead atoms. The first kappa shape index (κ1) is 18.9. The Bertz CT molecular complexity index is 1020. The van der Waals surface area contributed by atoms with Gasteiger partial charge in [0.1, 0.15) is 10.7 Å². The van der Waals surface area contributed by atoms with Crippen molar-refractivity contribution < 1.29 is 18.7 Å². The van der Waals surface area contributed by atoms with Crippen LogP contribution in [0.2, 0.25) is 15.1 Å². The van der Waals surface area contributed by atoms with E-state index < -0.39 is 24.3 Å². The van der Waals surface area contributed by atoms with Crippen LogP contribution in [0, 0.1) is 5.82 Å². The molecular formula is C17H9Cl3FNO3S. The van der Waals surface area contributed by atoms with Crippen LogP contribution < -0.4 is 5.32 Å². The van der Waals surface area contributed by atoms with Crippen LogP contribution in [0.15, 0.2) is 36.4 Å². The van der Waals surface area contributed by atoms with Crippen LogP contribution in [0.5, 0.6) is 0 Å². The third kappa shape index (κ3) is 4.10. The van der Waals surface area contributed by atoms with Crippen molar-refractivity contribution in [1.82, 2.24) is 0 Å². The van der Waals surface area contributed by atoms with Crippen molar-refractivity contribution in [2.24, 2.45) is 0 Å². The number of thiophene rings is 1. The van der Waals surface area contributed by atoms with Gasteiger partial charge in [-0.1, -0.05) is 34.8 Å². The molecule has 1 N–H and O–H groups in total. The van der Waals surface area contributed by atoms with Gasteiger partial charge in [-0.15, -0.1) is 11.3 Å². The van der Waals surface area contributed by atoms with Crippen LogP contribution in [0.25, 0.3) is 10.1 Å². The highest BCUT2D eigenvalue weighted by Gasteiger charge is 2.20. The molecule has 134 valence electrons. The first-order chi connectivity index (χ1) is 12.3. The monoisotopic (exact) mass is 431 g/mol. The van der Waals surface area contributed by atoms with E-state index in [1.165, 1.54) is 30.3 Å². The normalized spacial score (nSPS) is 10.8. The molecular weight excluding hydrogens is 424 g/mol. The molecule has 1 amide bonds. The summed E-state index contributed by atoms with van der Waals surface area (Å²) in [7, 11) is 0. The van der Waals surface area contributed by atoms with Crippen LogP contribution >= 0.6 is 46.1 Å². The highest BCUT2D eigenvalue weighted by molar-refractivity contribution is 7.21. The third-order valence-corrected chi connectivity index (χ3v) is 5.69. The summed E-state index contributed by atoms with van der Waals surface area (Å²) in [4.78, 5) is 24.2. The van der Waals surface area contributed by atoms with Gasteiger partial charge in [0.2, 0.25) is 0 Å². The van der Waals surface area contributed by atoms with Crippen molar-refractivity contribution in [2.45, 2.75) is 0 Å². The molecule has 0 spiro atoms. The van der Waals surface area contributed by atoms with Crippen LogP contribution in [-0.4, -0.2) is 18.5 Å². The lowest BCUT2D eigenvalue weighted by Gasteiger charge is -2.07. The SMILES string of the molecule is O=C(COC(=O)c1sc2cc(F)ccc2c1Cl)Nc1ccc(Cl)c(Cl)c1. The van der Waals surface area contributed by atoms with E-state index in [1.807, 2.05) is 0 Å². The number of ether oxygens (including phenoxy) is 1. The second-order valence-corrected chi connectivity index (χ2v) is 7.38. The molecule has 0 radical (unpaired) electrons. The van der Waals surface area contributed by atoms with Gasteiger partial charge in [-0.3, -0.25) is 4.79 Å². The first-order valence-electron chi connectivity index (χ1n) is 7.14. The molecule has 0 fully saturated rings. The smallest absolute Gasteiger partial charge is 0.350 e. The number of rotatable bonds is 4. The largest absolute Gasteiger partial charge is 0.451 e. The lowest BCUT2D eigenvalue weighted by Crippen LogP contribution is -2.20. The Hall–Kier alpha value is -1.86. The molecule has 1 heterocycles. The maximum Gasteiger partial charge on any atom is 0.350 e. The molecule has 0 unspecified atom stereocenters. The number of carbonyl (C=O) groups excluding carboxylic acids is 2. The zero-order valence-electron chi connectivity index (χ0n) is 12.8. The van der Waals surface area contributed by atoms with Crippen LogP contribution in [0.4, 0.5) is 10.1 Å². The van der Waals surface area contributed by atoms with Gasteiger partial charge in [0, 0.05) is 15.8 Å². The molecule has 0 aliphatic rings. The molecule has 2 aromatic carbocycles. The number of hydrogen-bond donors (Lipinski definition) is 1. The van der Waals surface area contributed by atoms with E-state index in [1.54, 1.807) is 6.07 Å². The topological polar surface area (TPSA) is 55.4 Å². The highest BCUT2D eigenvalue weighted by Crippen LogP contribution is 2.36. The predicted octanol–water partition coefficient (Wildman–Crippen LogP) is 5.80. The summed E-state index contributed by atoms with van der Waals surface area (Å²) in [6, 6.07) is 8.58. The maximum absolute atomic E-state index is 13.3. The fourth-order valence-electron chi connectivity index (χ4n) is 2.14. The first-order valence-corrected chi connectivity index (χ1v) is 9.10. The summed E-state index contributed by atoms with van der Waals surface area (Å²) in [5.41, 5.74) is 0.413. The van der Waals surface area contributed by atoms with Gasteiger partial charge >= 0.3 is 5.97 Å². The van der Waals surface area contributed by atoms with Gasteiger partial charge in [0.05, 0.1) is 15.1 Å². The van der Waals surface area contributed by atoms with Crippen LogP contribution in [0.1, 0.15) is 9.67 Å². The minimum absolute atomic E-state index is 0.106. The zero-order valence-corrected chi connectivity index (χ0v) is 15.9. The van der Waals surface area contributed by atoms with E-state index in [0.29, 0.717) is 20.8 Å². The second-order valence-electron chi connectivity index (χ2n) is 5.14. The number of benzene rings is 2. The summed E-state index contributed by atoms with van der Waals surface area (Å²) in [6.07, 6.45) is 0. The fraction of sp³-hybridized carbons (Fsp3) is 0.0588. The predicted molar refractivity (Wildman–Crippen MR) is 102 cm³/mol.